The lowest BCUT2D eigenvalue weighted by atomic mass is 10.2. The van der Waals surface area contributed by atoms with Gasteiger partial charge in [0.1, 0.15) is 9.98 Å². The molecule has 0 aliphatic carbocycles. The third-order valence-corrected chi connectivity index (χ3v) is 2.58. The summed E-state index contributed by atoms with van der Waals surface area (Å²) in [6.07, 6.45) is 1.53. The van der Waals surface area contributed by atoms with E-state index in [1.165, 1.54) is 13.3 Å². The van der Waals surface area contributed by atoms with Crippen LogP contribution in [0.15, 0.2) is 18.3 Å². The number of methoxy groups -OCH3 is 1. The SMILES string of the molecule is CC.COC(=O)C(Br)c1ccc(Cl)nc1. The van der Waals surface area contributed by atoms with Gasteiger partial charge in [-0.3, -0.25) is 4.79 Å². The monoisotopic (exact) mass is 293 g/mol. The van der Waals surface area contributed by atoms with Gasteiger partial charge in [0.05, 0.1) is 7.11 Å². The van der Waals surface area contributed by atoms with Crippen LogP contribution in [0.5, 0.6) is 0 Å². The molecule has 0 aliphatic heterocycles. The molecular formula is C10H13BrClNO2. The summed E-state index contributed by atoms with van der Waals surface area (Å²) in [7, 11) is 1.33. The first kappa shape index (κ1) is 14.4. The van der Waals surface area contributed by atoms with Crippen molar-refractivity contribution >= 4 is 33.5 Å². The Balaban J connectivity index is 0.000000921. The van der Waals surface area contributed by atoms with Crippen LogP contribution in [-0.4, -0.2) is 18.1 Å². The second-order valence-corrected chi connectivity index (χ2v) is 3.60. The van der Waals surface area contributed by atoms with Gasteiger partial charge in [0.25, 0.3) is 0 Å². The maximum Gasteiger partial charge on any atom is 0.324 e. The number of alkyl halides is 1. The van der Waals surface area contributed by atoms with Gasteiger partial charge in [-0.1, -0.05) is 47.4 Å². The quantitative estimate of drug-likeness (QED) is 0.477. The molecule has 3 nitrogen and oxygen atoms in total. The number of nitrogens with zero attached hydrogens (tertiary/aromatic N) is 1. The van der Waals surface area contributed by atoms with Gasteiger partial charge in [-0.05, 0) is 11.6 Å². The summed E-state index contributed by atoms with van der Waals surface area (Å²) in [4.78, 5) is 14.4. The van der Waals surface area contributed by atoms with Crippen LogP contribution in [0.3, 0.4) is 0 Å². The fourth-order valence-corrected chi connectivity index (χ4v) is 1.35. The summed E-state index contributed by atoms with van der Waals surface area (Å²) in [5, 5.41) is 0.397. The largest absolute Gasteiger partial charge is 0.468 e. The van der Waals surface area contributed by atoms with Crippen LogP contribution < -0.4 is 0 Å². The second-order valence-electron chi connectivity index (χ2n) is 2.30. The highest BCUT2D eigenvalue weighted by atomic mass is 79.9. The van der Waals surface area contributed by atoms with E-state index in [-0.39, 0.29) is 5.97 Å². The van der Waals surface area contributed by atoms with Gasteiger partial charge < -0.3 is 4.74 Å². The topological polar surface area (TPSA) is 39.2 Å². The van der Waals surface area contributed by atoms with Crippen LogP contribution in [0.2, 0.25) is 5.15 Å². The molecule has 1 aromatic heterocycles. The maximum absolute atomic E-state index is 11.1. The Hall–Kier alpha value is -0.610. The third kappa shape index (κ3) is 4.62. The molecule has 5 heteroatoms. The zero-order valence-corrected chi connectivity index (χ0v) is 11.2. The Labute approximate surface area is 103 Å². The Morgan fingerprint density at radius 2 is 2.13 bits per heavy atom. The molecule has 1 rings (SSSR count). The average Bonchev–Trinajstić information content (AvgIpc) is 2.31. The van der Waals surface area contributed by atoms with Crippen molar-refractivity contribution in [3.63, 3.8) is 0 Å². The van der Waals surface area contributed by atoms with E-state index in [4.69, 9.17) is 11.6 Å². The summed E-state index contributed by atoms with van der Waals surface area (Å²) < 4.78 is 4.55. The lowest BCUT2D eigenvalue weighted by molar-refractivity contribution is -0.139. The van der Waals surface area contributed by atoms with E-state index in [9.17, 15) is 4.79 Å². The van der Waals surface area contributed by atoms with Gasteiger partial charge in [-0.15, -0.1) is 0 Å². The molecule has 0 amide bonds. The average molecular weight is 295 g/mol. The van der Waals surface area contributed by atoms with E-state index < -0.39 is 4.83 Å². The number of carbonyl (C=O) groups excluding carboxylic acids is 1. The first-order valence-corrected chi connectivity index (χ1v) is 5.78. The first-order chi connectivity index (χ1) is 7.15. The number of aromatic nitrogens is 1. The smallest absolute Gasteiger partial charge is 0.324 e. The van der Waals surface area contributed by atoms with Crippen LogP contribution in [0, 0.1) is 0 Å². The van der Waals surface area contributed by atoms with Gasteiger partial charge in [0.2, 0.25) is 0 Å². The predicted octanol–water partition coefficient (Wildman–Crippen LogP) is 3.37. The molecule has 0 spiro atoms. The van der Waals surface area contributed by atoms with Crippen molar-refractivity contribution in [1.82, 2.24) is 4.98 Å². The van der Waals surface area contributed by atoms with E-state index in [1.54, 1.807) is 12.1 Å². The normalized spacial score (nSPS) is 11.0. The zero-order chi connectivity index (χ0) is 11.8. The minimum absolute atomic E-state index is 0.357. The molecule has 0 bridgehead atoms. The van der Waals surface area contributed by atoms with Crippen molar-refractivity contribution in [1.29, 1.82) is 0 Å². The van der Waals surface area contributed by atoms with E-state index in [0.717, 1.165) is 5.56 Å². The Morgan fingerprint density at radius 3 is 2.53 bits per heavy atom. The Morgan fingerprint density at radius 1 is 1.53 bits per heavy atom. The molecule has 0 aromatic carbocycles. The fraction of sp³-hybridized carbons (Fsp3) is 0.400. The highest BCUT2D eigenvalue weighted by Crippen LogP contribution is 2.23. The lowest BCUT2D eigenvalue weighted by Crippen LogP contribution is -2.08. The van der Waals surface area contributed by atoms with Crippen LogP contribution >= 0.6 is 27.5 Å². The second kappa shape index (κ2) is 7.65. The summed E-state index contributed by atoms with van der Waals surface area (Å²) in [6, 6.07) is 3.33. The lowest BCUT2D eigenvalue weighted by Gasteiger charge is -2.06. The Bertz CT molecular complexity index is 303. The number of carbonyl (C=O) groups is 1. The number of hydrogen-bond acceptors (Lipinski definition) is 3. The number of esters is 1. The summed E-state index contributed by atoms with van der Waals surface area (Å²) in [5.74, 6) is -0.357. The van der Waals surface area contributed by atoms with Crippen molar-refractivity contribution in [2.24, 2.45) is 0 Å². The summed E-state index contributed by atoms with van der Waals surface area (Å²) in [5.41, 5.74) is 0.719. The molecular weight excluding hydrogens is 281 g/mol. The van der Waals surface area contributed by atoms with Gasteiger partial charge in [-0.2, -0.15) is 0 Å². The van der Waals surface area contributed by atoms with E-state index in [1.807, 2.05) is 13.8 Å². The molecule has 0 saturated carbocycles. The third-order valence-electron chi connectivity index (χ3n) is 1.45. The van der Waals surface area contributed by atoms with Gasteiger partial charge in [-0.25, -0.2) is 4.98 Å². The molecule has 0 radical (unpaired) electrons. The van der Waals surface area contributed by atoms with Crippen LogP contribution in [0.4, 0.5) is 0 Å². The van der Waals surface area contributed by atoms with Crippen molar-refractivity contribution in [2.45, 2.75) is 18.7 Å². The van der Waals surface area contributed by atoms with Gasteiger partial charge >= 0.3 is 5.97 Å². The molecule has 15 heavy (non-hydrogen) atoms. The maximum atomic E-state index is 11.1. The number of halogens is 2. The van der Waals surface area contributed by atoms with Crippen LogP contribution in [0.25, 0.3) is 0 Å². The van der Waals surface area contributed by atoms with Gasteiger partial charge in [0, 0.05) is 6.20 Å². The van der Waals surface area contributed by atoms with Crippen molar-refractivity contribution in [2.75, 3.05) is 7.11 Å². The standard InChI is InChI=1S/C8H7BrClNO2.C2H6/c1-13-8(12)7(9)5-2-3-6(10)11-4-5;1-2/h2-4,7H,1H3;1-2H3. The highest BCUT2D eigenvalue weighted by molar-refractivity contribution is 9.09. The number of hydrogen-bond donors (Lipinski definition) is 0. The Kier molecular flexibility index (Phi) is 7.34. The fourth-order valence-electron chi connectivity index (χ4n) is 0.777. The summed E-state index contributed by atoms with van der Waals surface area (Å²) >= 11 is 8.77. The highest BCUT2D eigenvalue weighted by Gasteiger charge is 2.17. The van der Waals surface area contributed by atoms with E-state index >= 15 is 0 Å². The van der Waals surface area contributed by atoms with Crippen molar-refractivity contribution in [3.8, 4) is 0 Å². The van der Waals surface area contributed by atoms with Crippen molar-refractivity contribution in [3.05, 3.63) is 29.0 Å². The molecule has 0 N–H and O–H groups in total. The van der Waals surface area contributed by atoms with Crippen LogP contribution in [-0.2, 0) is 9.53 Å². The molecule has 1 unspecified atom stereocenters. The molecule has 0 fully saturated rings. The molecule has 0 saturated heterocycles. The first-order valence-electron chi connectivity index (χ1n) is 4.48. The molecule has 84 valence electrons. The number of ether oxygens (including phenoxy) is 1. The molecule has 1 aromatic rings. The molecule has 1 atom stereocenters. The van der Waals surface area contributed by atoms with Crippen LogP contribution in [0.1, 0.15) is 24.2 Å². The minimum atomic E-state index is -0.484. The summed E-state index contributed by atoms with van der Waals surface area (Å²) in [6.45, 7) is 4.00. The number of pyridine rings is 1. The van der Waals surface area contributed by atoms with Crippen molar-refractivity contribution < 1.29 is 9.53 Å². The van der Waals surface area contributed by atoms with E-state index in [0.29, 0.717) is 5.15 Å². The zero-order valence-electron chi connectivity index (χ0n) is 8.83. The molecule has 0 aliphatic rings. The predicted molar refractivity (Wildman–Crippen MR) is 64.3 cm³/mol. The minimum Gasteiger partial charge on any atom is -0.468 e. The molecule has 1 heterocycles. The van der Waals surface area contributed by atoms with Gasteiger partial charge in [0.15, 0.2) is 0 Å². The number of rotatable bonds is 2. The van der Waals surface area contributed by atoms with E-state index in [2.05, 4.69) is 25.7 Å².